The van der Waals surface area contributed by atoms with E-state index >= 15 is 0 Å². The second-order valence-electron chi connectivity index (χ2n) is 8.57. The minimum atomic E-state index is -3.68. The zero-order valence-electron chi connectivity index (χ0n) is 18.8. The Labute approximate surface area is 194 Å². The lowest BCUT2D eigenvalue weighted by atomic mass is 10.1. The van der Waals surface area contributed by atoms with E-state index in [1.807, 2.05) is 24.3 Å². The van der Waals surface area contributed by atoms with E-state index < -0.39 is 15.9 Å². The molecule has 2 amide bonds. The molecule has 0 radical (unpaired) electrons. The maximum atomic E-state index is 13.0. The molecule has 0 bridgehead atoms. The number of rotatable bonds is 9. The number of nitrogens with one attached hydrogen (secondary N) is 2. The molecule has 8 nitrogen and oxygen atoms in total. The van der Waals surface area contributed by atoms with Crippen molar-refractivity contribution in [3.8, 4) is 5.75 Å². The molecule has 1 aliphatic heterocycles. The zero-order chi connectivity index (χ0) is 23.6. The molecule has 2 N–H and O–H groups in total. The smallest absolute Gasteiger partial charge is 0.240 e. The van der Waals surface area contributed by atoms with Crippen molar-refractivity contribution in [3.05, 3.63) is 48.0 Å². The van der Waals surface area contributed by atoms with E-state index in [4.69, 9.17) is 4.74 Å². The summed E-state index contributed by atoms with van der Waals surface area (Å²) in [6.07, 6.45) is 3.77. The highest BCUT2D eigenvalue weighted by atomic mass is 32.2. The fraction of sp³-hybridized carbons (Fsp3) is 0.417. The van der Waals surface area contributed by atoms with Gasteiger partial charge in [0.15, 0.2) is 0 Å². The molecule has 33 heavy (non-hydrogen) atoms. The number of methoxy groups -OCH3 is 1. The Bertz CT molecular complexity index is 1140. The Balaban J connectivity index is 1.47. The van der Waals surface area contributed by atoms with Crippen molar-refractivity contribution in [2.45, 2.75) is 50.0 Å². The molecule has 1 saturated heterocycles. The van der Waals surface area contributed by atoms with Gasteiger partial charge in [0.1, 0.15) is 5.75 Å². The van der Waals surface area contributed by atoms with Gasteiger partial charge in [-0.25, -0.2) is 13.1 Å². The first-order valence-corrected chi connectivity index (χ1v) is 12.7. The fourth-order valence-electron chi connectivity index (χ4n) is 3.94. The van der Waals surface area contributed by atoms with Crippen LogP contribution in [0.15, 0.2) is 47.4 Å². The molecule has 4 rings (SSSR count). The predicted molar refractivity (Wildman–Crippen MR) is 126 cm³/mol. The van der Waals surface area contributed by atoms with Gasteiger partial charge in [0.05, 0.1) is 23.6 Å². The third-order valence-electron chi connectivity index (χ3n) is 5.92. The van der Waals surface area contributed by atoms with Crippen LogP contribution in [0.5, 0.6) is 5.75 Å². The van der Waals surface area contributed by atoms with Crippen molar-refractivity contribution in [2.24, 2.45) is 5.92 Å². The molecule has 176 valence electrons. The van der Waals surface area contributed by atoms with E-state index in [9.17, 15) is 18.0 Å². The number of benzene rings is 2. The van der Waals surface area contributed by atoms with Gasteiger partial charge in [-0.1, -0.05) is 25.5 Å². The molecule has 2 aromatic rings. The molecule has 9 heteroatoms. The van der Waals surface area contributed by atoms with Gasteiger partial charge in [0, 0.05) is 24.7 Å². The lowest BCUT2D eigenvalue weighted by molar-refractivity contribution is -0.122. The number of hydrogen-bond donors (Lipinski definition) is 2. The molecule has 1 unspecified atom stereocenters. The number of amides is 2. The van der Waals surface area contributed by atoms with E-state index in [2.05, 4.69) is 17.0 Å². The molecular weight excluding hydrogens is 442 g/mol. The summed E-state index contributed by atoms with van der Waals surface area (Å²) in [5, 5.41) is 2.77. The van der Waals surface area contributed by atoms with Gasteiger partial charge in [-0.15, -0.1) is 0 Å². The van der Waals surface area contributed by atoms with Crippen molar-refractivity contribution in [1.29, 1.82) is 0 Å². The average Bonchev–Trinajstić information content (AvgIpc) is 3.51. The average molecular weight is 472 g/mol. The van der Waals surface area contributed by atoms with Gasteiger partial charge in [-0.3, -0.25) is 9.59 Å². The Kier molecular flexibility index (Phi) is 6.71. The summed E-state index contributed by atoms with van der Waals surface area (Å²) in [6.45, 7) is 2.38. The number of anilines is 2. The van der Waals surface area contributed by atoms with Crippen LogP contribution in [0.2, 0.25) is 0 Å². The van der Waals surface area contributed by atoms with Crippen molar-refractivity contribution >= 4 is 33.2 Å². The minimum Gasteiger partial charge on any atom is -0.495 e. The topological polar surface area (TPSA) is 105 Å². The number of carbonyl (C=O) groups excluding carboxylic acids is 2. The minimum absolute atomic E-state index is 0.0262. The Morgan fingerprint density at radius 1 is 1.15 bits per heavy atom. The van der Waals surface area contributed by atoms with E-state index in [-0.39, 0.29) is 41.4 Å². The normalized spacial score (nSPS) is 18.4. The summed E-state index contributed by atoms with van der Waals surface area (Å²) in [4.78, 5) is 27.3. The molecular formula is C24H29N3O5S. The standard InChI is InChI=1S/C24H29N3O5S/c1-3-4-16-5-9-19(10-6-16)27-15-17(13-23(27)28)24(29)25-21-14-20(11-12-22(21)32-2)33(30,31)26-18-7-8-18/h5-6,9-12,14,17-18,26H,3-4,7-8,13,15H2,1-2H3,(H,25,29). The van der Waals surface area contributed by atoms with Crippen LogP contribution in [0.1, 0.15) is 38.2 Å². The first-order valence-electron chi connectivity index (χ1n) is 11.2. The van der Waals surface area contributed by atoms with Gasteiger partial charge in [-0.05, 0) is 55.2 Å². The molecule has 1 aliphatic carbocycles. The molecule has 2 aromatic carbocycles. The van der Waals surface area contributed by atoms with Gasteiger partial charge in [0.2, 0.25) is 21.8 Å². The number of sulfonamides is 1. The highest BCUT2D eigenvalue weighted by molar-refractivity contribution is 7.89. The summed E-state index contributed by atoms with van der Waals surface area (Å²) in [6, 6.07) is 12.2. The monoisotopic (exact) mass is 471 g/mol. The highest BCUT2D eigenvalue weighted by Crippen LogP contribution is 2.31. The molecule has 0 aromatic heterocycles. The summed E-state index contributed by atoms with van der Waals surface area (Å²) in [5.41, 5.74) is 2.24. The first-order chi connectivity index (χ1) is 15.8. The molecule has 1 saturated carbocycles. The third-order valence-corrected chi connectivity index (χ3v) is 7.44. The molecule has 1 heterocycles. The van der Waals surface area contributed by atoms with Gasteiger partial charge in [-0.2, -0.15) is 0 Å². The van der Waals surface area contributed by atoms with E-state index in [0.717, 1.165) is 31.4 Å². The largest absolute Gasteiger partial charge is 0.495 e. The number of carbonyl (C=O) groups is 2. The number of aryl methyl sites for hydroxylation is 1. The van der Waals surface area contributed by atoms with Crippen LogP contribution < -0.4 is 19.7 Å². The van der Waals surface area contributed by atoms with Gasteiger partial charge in [0.25, 0.3) is 0 Å². The first kappa shape index (κ1) is 23.3. The third kappa shape index (κ3) is 5.36. The van der Waals surface area contributed by atoms with Crippen LogP contribution in [0.3, 0.4) is 0 Å². The lowest BCUT2D eigenvalue weighted by Crippen LogP contribution is -2.28. The summed E-state index contributed by atoms with van der Waals surface area (Å²) in [5.74, 6) is -0.671. The van der Waals surface area contributed by atoms with Crippen molar-refractivity contribution in [1.82, 2.24) is 4.72 Å². The molecule has 0 spiro atoms. The van der Waals surface area contributed by atoms with Crippen LogP contribution in [0.4, 0.5) is 11.4 Å². The quantitative estimate of drug-likeness (QED) is 0.585. The van der Waals surface area contributed by atoms with Crippen molar-refractivity contribution in [2.75, 3.05) is 23.9 Å². The van der Waals surface area contributed by atoms with E-state index in [0.29, 0.717) is 5.75 Å². The Morgan fingerprint density at radius 2 is 1.88 bits per heavy atom. The summed E-state index contributed by atoms with van der Waals surface area (Å²) in [7, 11) is -2.23. The maximum Gasteiger partial charge on any atom is 0.240 e. The Hall–Kier alpha value is -2.91. The molecule has 2 fully saturated rings. The predicted octanol–water partition coefficient (Wildman–Crippen LogP) is 3.08. The van der Waals surface area contributed by atoms with E-state index in [1.54, 1.807) is 4.90 Å². The molecule has 1 atom stereocenters. The second kappa shape index (κ2) is 9.52. The van der Waals surface area contributed by atoms with Crippen molar-refractivity contribution in [3.63, 3.8) is 0 Å². The van der Waals surface area contributed by atoms with Crippen LogP contribution in [-0.4, -0.2) is 39.9 Å². The second-order valence-corrected chi connectivity index (χ2v) is 10.3. The lowest BCUT2D eigenvalue weighted by Gasteiger charge is -2.18. The number of hydrogen-bond acceptors (Lipinski definition) is 5. The molecule has 2 aliphatic rings. The zero-order valence-corrected chi connectivity index (χ0v) is 19.7. The summed E-state index contributed by atoms with van der Waals surface area (Å²) < 4.78 is 33.1. The SMILES string of the molecule is CCCc1ccc(N2CC(C(=O)Nc3cc(S(=O)(=O)NC4CC4)ccc3OC)CC2=O)cc1. The van der Waals surface area contributed by atoms with Crippen molar-refractivity contribution < 1.29 is 22.7 Å². The Morgan fingerprint density at radius 3 is 2.52 bits per heavy atom. The number of ether oxygens (including phenoxy) is 1. The van der Waals surface area contributed by atoms with Crippen LogP contribution >= 0.6 is 0 Å². The van der Waals surface area contributed by atoms with Crippen LogP contribution in [0.25, 0.3) is 0 Å². The van der Waals surface area contributed by atoms with Crippen LogP contribution in [-0.2, 0) is 26.0 Å². The maximum absolute atomic E-state index is 13.0. The van der Waals surface area contributed by atoms with Gasteiger partial charge < -0.3 is 15.0 Å². The van der Waals surface area contributed by atoms with E-state index in [1.165, 1.54) is 30.9 Å². The number of nitrogens with zero attached hydrogens (tertiary/aromatic N) is 1. The van der Waals surface area contributed by atoms with Gasteiger partial charge >= 0.3 is 0 Å². The highest BCUT2D eigenvalue weighted by Gasteiger charge is 2.35. The summed E-state index contributed by atoms with van der Waals surface area (Å²) >= 11 is 0. The van der Waals surface area contributed by atoms with Crippen LogP contribution in [0, 0.1) is 5.92 Å². The fourth-order valence-corrected chi connectivity index (χ4v) is 5.27.